The molecule has 154 valence electrons. The minimum absolute atomic E-state index is 0.0155. The number of rotatable bonds is 4. The van der Waals surface area contributed by atoms with Gasteiger partial charge in [-0.3, -0.25) is 14.9 Å². The molecule has 2 saturated carbocycles. The number of nitro groups is 1. The monoisotopic (exact) mass is 399 g/mol. The van der Waals surface area contributed by atoms with Crippen LogP contribution in [0.3, 0.4) is 0 Å². The molecule has 1 heterocycles. The number of nitrogens with one attached hydrogen (secondary N) is 1. The van der Waals surface area contributed by atoms with Crippen molar-refractivity contribution < 1.29 is 19.2 Å². The zero-order valence-electron chi connectivity index (χ0n) is 16.9. The Morgan fingerprint density at radius 3 is 2.83 bits per heavy atom. The van der Waals surface area contributed by atoms with Gasteiger partial charge in [-0.05, 0) is 36.7 Å². The van der Waals surface area contributed by atoms with E-state index in [1.165, 1.54) is 30.7 Å². The van der Waals surface area contributed by atoms with Crippen LogP contribution in [0.15, 0.2) is 23.3 Å². The predicted octanol–water partition coefficient (Wildman–Crippen LogP) is 3.79. The summed E-state index contributed by atoms with van der Waals surface area (Å²) >= 11 is 0. The summed E-state index contributed by atoms with van der Waals surface area (Å²) in [7, 11) is 0. The zero-order chi connectivity index (χ0) is 20.8. The average Bonchev–Trinajstić information content (AvgIpc) is 3.03. The Morgan fingerprint density at radius 2 is 2.17 bits per heavy atom. The maximum Gasteiger partial charge on any atom is 0.270 e. The van der Waals surface area contributed by atoms with E-state index in [1.807, 2.05) is 0 Å². The SMILES string of the molecule is CC1(C)[C@H]2CC[C@@]1(C)/C(=N/NC(=O)/C=C/c1cc([N+](=O)[O-])cc3c1OCOC3)C2. The van der Waals surface area contributed by atoms with Crippen molar-refractivity contribution in [2.45, 2.75) is 46.6 Å². The number of hydrogen-bond acceptors (Lipinski definition) is 6. The van der Waals surface area contributed by atoms with Crippen molar-refractivity contribution in [3.8, 4) is 5.75 Å². The van der Waals surface area contributed by atoms with Crippen molar-refractivity contribution in [3.63, 3.8) is 0 Å². The van der Waals surface area contributed by atoms with E-state index >= 15 is 0 Å². The summed E-state index contributed by atoms with van der Waals surface area (Å²) in [5.74, 6) is 0.725. The first-order chi connectivity index (χ1) is 13.7. The lowest BCUT2D eigenvalue weighted by atomic mass is 9.70. The summed E-state index contributed by atoms with van der Waals surface area (Å²) in [6.45, 7) is 7.10. The van der Waals surface area contributed by atoms with Crippen LogP contribution in [-0.4, -0.2) is 23.3 Å². The largest absolute Gasteiger partial charge is 0.467 e. The van der Waals surface area contributed by atoms with Gasteiger partial charge in [-0.25, -0.2) is 5.43 Å². The molecule has 0 aromatic heterocycles. The molecule has 1 N–H and O–H groups in total. The summed E-state index contributed by atoms with van der Waals surface area (Å²) in [5, 5.41) is 15.6. The van der Waals surface area contributed by atoms with Gasteiger partial charge in [0.1, 0.15) is 5.75 Å². The fourth-order valence-corrected chi connectivity index (χ4v) is 4.88. The van der Waals surface area contributed by atoms with Gasteiger partial charge in [0.05, 0.1) is 11.5 Å². The highest BCUT2D eigenvalue weighted by Crippen LogP contribution is 2.63. The lowest BCUT2D eigenvalue weighted by Gasteiger charge is -2.34. The maximum absolute atomic E-state index is 12.3. The second kappa shape index (κ2) is 6.95. The number of benzene rings is 1. The Balaban J connectivity index is 1.51. The van der Waals surface area contributed by atoms with Gasteiger partial charge >= 0.3 is 0 Å². The van der Waals surface area contributed by atoms with Crippen LogP contribution in [0.25, 0.3) is 6.08 Å². The minimum Gasteiger partial charge on any atom is -0.467 e. The van der Waals surface area contributed by atoms with Crippen molar-refractivity contribution in [3.05, 3.63) is 39.4 Å². The van der Waals surface area contributed by atoms with Gasteiger partial charge < -0.3 is 9.47 Å². The standard InChI is InChI=1S/C21H25N3O5/c1-20(2)15-6-7-21(20,3)17(10-15)22-23-18(25)5-4-13-8-16(24(26)27)9-14-11-28-12-29-19(13)14/h4-5,8-9,15H,6-7,10-12H2,1-3H3,(H,23,25)/b5-4+,22-17+/t15-,21-/m0/s1. The topological polar surface area (TPSA) is 103 Å². The van der Waals surface area contributed by atoms with Gasteiger partial charge in [0, 0.05) is 40.5 Å². The molecule has 0 radical (unpaired) electrons. The molecule has 29 heavy (non-hydrogen) atoms. The van der Waals surface area contributed by atoms with Crippen molar-refractivity contribution >= 4 is 23.4 Å². The van der Waals surface area contributed by atoms with Gasteiger partial charge in [0.15, 0.2) is 6.79 Å². The van der Waals surface area contributed by atoms with Crippen LogP contribution in [0, 0.1) is 26.9 Å². The number of fused-ring (bicyclic) bond motifs is 3. The number of hydrazone groups is 1. The molecule has 4 rings (SSSR count). The van der Waals surface area contributed by atoms with Crippen LogP contribution in [0.2, 0.25) is 0 Å². The molecule has 3 aliphatic rings. The fraction of sp³-hybridized carbons (Fsp3) is 0.524. The van der Waals surface area contributed by atoms with Gasteiger partial charge in [0.2, 0.25) is 0 Å². The van der Waals surface area contributed by atoms with Crippen LogP contribution in [0.1, 0.15) is 51.2 Å². The summed E-state index contributed by atoms with van der Waals surface area (Å²) in [5.41, 5.74) is 4.85. The third-order valence-electron chi connectivity index (χ3n) is 7.16. The molecular formula is C21H25N3O5. The van der Waals surface area contributed by atoms with Gasteiger partial charge in [0.25, 0.3) is 11.6 Å². The van der Waals surface area contributed by atoms with E-state index in [2.05, 4.69) is 31.3 Å². The van der Waals surface area contributed by atoms with Crippen LogP contribution in [0.5, 0.6) is 5.75 Å². The fourth-order valence-electron chi connectivity index (χ4n) is 4.88. The number of amides is 1. The smallest absolute Gasteiger partial charge is 0.270 e. The quantitative estimate of drug-likeness (QED) is 0.471. The van der Waals surface area contributed by atoms with Crippen molar-refractivity contribution in [1.82, 2.24) is 5.43 Å². The summed E-state index contributed by atoms with van der Waals surface area (Å²) in [6.07, 6.45) is 6.05. The van der Waals surface area contributed by atoms with Gasteiger partial charge in [-0.15, -0.1) is 0 Å². The number of non-ortho nitro benzene ring substituents is 1. The first kappa shape index (κ1) is 19.6. The Hall–Kier alpha value is -2.74. The highest BCUT2D eigenvalue weighted by atomic mass is 16.7. The molecule has 0 unspecified atom stereocenters. The van der Waals surface area contributed by atoms with E-state index in [1.54, 1.807) is 0 Å². The van der Waals surface area contributed by atoms with Crippen molar-refractivity contribution in [1.29, 1.82) is 0 Å². The Bertz CT molecular complexity index is 936. The van der Waals surface area contributed by atoms with Crippen molar-refractivity contribution in [2.24, 2.45) is 21.8 Å². The Morgan fingerprint density at radius 1 is 1.38 bits per heavy atom. The number of ether oxygens (including phenoxy) is 2. The van der Waals surface area contributed by atoms with Crippen LogP contribution in [0.4, 0.5) is 5.69 Å². The molecule has 2 aliphatic carbocycles. The molecule has 1 aromatic carbocycles. The number of nitro benzene ring substituents is 1. The first-order valence-electron chi connectivity index (χ1n) is 9.79. The van der Waals surface area contributed by atoms with Crippen LogP contribution < -0.4 is 10.2 Å². The molecule has 0 spiro atoms. The number of hydrogen-bond donors (Lipinski definition) is 1. The number of carbonyl (C=O) groups excluding carboxylic acids is 1. The lowest BCUT2D eigenvalue weighted by Crippen LogP contribution is -2.34. The molecule has 2 atom stereocenters. The lowest BCUT2D eigenvalue weighted by molar-refractivity contribution is -0.385. The second-order valence-electron chi connectivity index (χ2n) is 8.75. The van der Waals surface area contributed by atoms with E-state index in [0.717, 1.165) is 18.6 Å². The minimum atomic E-state index is -0.476. The number of nitrogens with zero attached hydrogens (tertiary/aromatic N) is 2. The van der Waals surface area contributed by atoms with E-state index in [4.69, 9.17) is 9.47 Å². The predicted molar refractivity (Wildman–Crippen MR) is 107 cm³/mol. The summed E-state index contributed by atoms with van der Waals surface area (Å²) in [4.78, 5) is 23.0. The van der Waals surface area contributed by atoms with E-state index in [9.17, 15) is 14.9 Å². The second-order valence-corrected chi connectivity index (χ2v) is 8.75. The van der Waals surface area contributed by atoms with E-state index in [0.29, 0.717) is 22.8 Å². The third kappa shape index (κ3) is 3.21. The summed E-state index contributed by atoms with van der Waals surface area (Å²) < 4.78 is 10.7. The Kier molecular flexibility index (Phi) is 4.69. The van der Waals surface area contributed by atoms with Crippen LogP contribution in [-0.2, 0) is 16.1 Å². The normalized spacial score (nSPS) is 28.4. The van der Waals surface area contributed by atoms with E-state index in [-0.39, 0.29) is 35.8 Å². The highest BCUT2D eigenvalue weighted by molar-refractivity contribution is 5.97. The Labute approximate surface area is 169 Å². The molecule has 0 saturated heterocycles. The molecule has 2 bridgehead atoms. The first-order valence-corrected chi connectivity index (χ1v) is 9.79. The number of carbonyl (C=O) groups is 1. The molecule has 1 amide bonds. The molecular weight excluding hydrogens is 374 g/mol. The maximum atomic E-state index is 12.3. The van der Waals surface area contributed by atoms with Gasteiger partial charge in [-0.2, -0.15) is 5.10 Å². The molecule has 1 aromatic rings. The molecule has 8 heteroatoms. The van der Waals surface area contributed by atoms with Crippen LogP contribution >= 0.6 is 0 Å². The molecule has 1 aliphatic heterocycles. The molecule has 2 fully saturated rings. The zero-order valence-corrected chi connectivity index (χ0v) is 16.9. The highest BCUT2D eigenvalue weighted by Gasteiger charge is 2.60. The average molecular weight is 399 g/mol. The molecule has 8 nitrogen and oxygen atoms in total. The van der Waals surface area contributed by atoms with Crippen molar-refractivity contribution in [2.75, 3.05) is 6.79 Å². The van der Waals surface area contributed by atoms with Gasteiger partial charge in [-0.1, -0.05) is 20.8 Å². The van der Waals surface area contributed by atoms with E-state index < -0.39 is 4.92 Å². The third-order valence-corrected chi connectivity index (χ3v) is 7.16. The summed E-state index contributed by atoms with van der Waals surface area (Å²) in [6, 6.07) is 2.81.